The van der Waals surface area contributed by atoms with E-state index in [0.29, 0.717) is 11.3 Å². The topological polar surface area (TPSA) is 80.9 Å². The summed E-state index contributed by atoms with van der Waals surface area (Å²) in [5.74, 6) is -0.0900. The van der Waals surface area contributed by atoms with Crippen LogP contribution in [0.25, 0.3) is 0 Å². The molecule has 1 aromatic heterocycles. The van der Waals surface area contributed by atoms with Crippen molar-refractivity contribution < 1.29 is 4.79 Å². The van der Waals surface area contributed by atoms with E-state index in [1.807, 2.05) is 6.92 Å². The summed E-state index contributed by atoms with van der Waals surface area (Å²) in [4.78, 5) is 12.2. The molecule has 0 aliphatic heterocycles. The van der Waals surface area contributed by atoms with E-state index in [1.165, 1.54) is 0 Å². The zero-order chi connectivity index (χ0) is 13.1. The van der Waals surface area contributed by atoms with Gasteiger partial charge in [-0.15, -0.1) is 0 Å². The molecule has 2 atom stereocenters. The number of carbonyl (C=O) groups is 1. The van der Waals surface area contributed by atoms with E-state index >= 15 is 0 Å². The first-order valence-corrected chi connectivity index (χ1v) is 6.45. The van der Waals surface area contributed by atoms with Gasteiger partial charge in [-0.3, -0.25) is 4.79 Å². The quantitative estimate of drug-likeness (QED) is 0.821. The SMILES string of the molecule is Cc1cc(C(=O)N[C@@H]2CCCC[C@H]2N)c(C)nn1. The van der Waals surface area contributed by atoms with Gasteiger partial charge in [0.05, 0.1) is 17.0 Å². The zero-order valence-electron chi connectivity index (χ0n) is 10.9. The van der Waals surface area contributed by atoms with E-state index in [-0.39, 0.29) is 18.0 Å². The second-order valence-electron chi connectivity index (χ2n) is 5.01. The highest BCUT2D eigenvalue weighted by Crippen LogP contribution is 2.17. The van der Waals surface area contributed by atoms with Crippen LogP contribution in [0, 0.1) is 13.8 Å². The van der Waals surface area contributed by atoms with Crippen molar-refractivity contribution in [3.05, 3.63) is 23.0 Å². The van der Waals surface area contributed by atoms with Crippen molar-refractivity contribution in [1.29, 1.82) is 0 Å². The van der Waals surface area contributed by atoms with Gasteiger partial charge in [0.1, 0.15) is 0 Å². The Morgan fingerprint density at radius 3 is 2.78 bits per heavy atom. The number of hydrogen-bond donors (Lipinski definition) is 2. The average Bonchev–Trinajstić information content (AvgIpc) is 2.35. The van der Waals surface area contributed by atoms with Crippen molar-refractivity contribution in [2.24, 2.45) is 5.73 Å². The molecule has 3 N–H and O–H groups in total. The fourth-order valence-corrected chi connectivity index (χ4v) is 2.36. The van der Waals surface area contributed by atoms with Gasteiger partial charge in [-0.2, -0.15) is 10.2 Å². The molecule has 1 heterocycles. The minimum absolute atomic E-state index is 0.0684. The van der Waals surface area contributed by atoms with Crippen molar-refractivity contribution in [3.63, 3.8) is 0 Å². The molecule has 5 heteroatoms. The lowest BCUT2D eigenvalue weighted by Gasteiger charge is -2.29. The number of amides is 1. The largest absolute Gasteiger partial charge is 0.348 e. The van der Waals surface area contributed by atoms with Crippen molar-refractivity contribution in [1.82, 2.24) is 15.5 Å². The number of hydrogen-bond acceptors (Lipinski definition) is 4. The normalized spacial score (nSPS) is 23.7. The number of carbonyl (C=O) groups excluding carboxylic acids is 1. The van der Waals surface area contributed by atoms with Gasteiger partial charge in [0.2, 0.25) is 0 Å². The number of aryl methyl sites for hydroxylation is 2. The van der Waals surface area contributed by atoms with Crippen LogP contribution in [0.1, 0.15) is 47.4 Å². The fraction of sp³-hybridized carbons (Fsp3) is 0.615. The summed E-state index contributed by atoms with van der Waals surface area (Å²) in [6.07, 6.45) is 4.23. The highest BCUT2D eigenvalue weighted by atomic mass is 16.1. The number of aromatic nitrogens is 2. The van der Waals surface area contributed by atoms with Gasteiger partial charge in [-0.25, -0.2) is 0 Å². The number of nitrogens with two attached hydrogens (primary N) is 1. The van der Waals surface area contributed by atoms with Gasteiger partial charge in [-0.05, 0) is 32.8 Å². The van der Waals surface area contributed by atoms with Crippen LogP contribution in [0.3, 0.4) is 0 Å². The fourth-order valence-electron chi connectivity index (χ4n) is 2.36. The van der Waals surface area contributed by atoms with Crippen LogP contribution in [-0.4, -0.2) is 28.2 Å². The van der Waals surface area contributed by atoms with Gasteiger partial charge >= 0.3 is 0 Å². The Labute approximate surface area is 107 Å². The van der Waals surface area contributed by atoms with Crippen molar-refractivity contribution in [2.75, 3.05) is 0 Å². The van der Waals surface area contributed by atoms with E-state index in [4.69, 9.17) is 5.73 Å². The maximum absolute atomic E-state index is 12.2. The lowest BCUT2D eigenvalue weighted by molar-refractivity contribution is 0.0920. The maximum atomic E-state index is 12.2. The van der Waals surface area contributed by atoms with Crippen LogP contribution < -0.4 is 11.1 Å². The van der Waals surface area contributed by atoms with Crippen LogP contribution in [0.2, 0.25) is 0 Å². The van der Waals surface area contributed by atoms with Gasteiger partial charge in [0.15, 0.2) is 0 Å². The number of rotatable bonds is 2. The lowest BCUT2D eigenvalue weighted by Crippen LogP contribution is -2.49. The summed E-state index contributed by atoms with van der Waals surface area (Å²) in [5, 5.41) is 10.9. The molecule has 1 aliphatic rings. The summed E-state index contributed by atoms with van der Waals surface area (Å²) in [7, 11) is 0. The molecule has 1 aromatic rings. The second-order valence-corrected chi connectivity index (χ2v) is 5.01. The number of nitrogens with zero attached hydrogens (tertiary/aromatic N) is 2. The molecule has 1 fully saturated rings. The second kappa shape index (κ2) is 5.44. The summed E-state index contributed by atoms with van der Waals surface area (Å²) >= 11 is 0. The van der Waals surface area contributed by atoms with Crippen LogP contribution in [0.5, 0.6) is 0 Å². The third kappa shape index (κ3) is 2.85. The van der Waals surface area contributed by atoms with E-state index in [9.17, 15) is 4.79 Å². The minimum Gasteiger partial charge on any atom is -0.348 e. The molecule has 0 bridgehead atoms. The standard InChI is InChI=1S/C13H20N4O/c1-8-7-10(9(2)17-16-8)13(18)15-12-6-4-3-5-11(12)14/h7,11-12H,3-6,14H2,1-2H3,(H,15,18)/t11-,12-/m1/s1. The molecule has 0 unspecified atom stereocenters. The molecule has 5 nitrogen and oxygen atoms in total. The van der Waals surface area contributed by atoms with E-state index in [2.05, 4.69) is 15.5 Å². The predicted molar refractivity (Wildman–Crippen MR) is 69.2 cm³/mol. The van der Waals surface area contributed by atoms with E-state index in [0.717, 1.165) is 31.4 Å². The van der Waals surface area contributed by atoms with Crippen LogP contribution in [-0.2, 0) is 0 Å². The Morgan fingerprint density at radius 2 is 2.06 bits per heavy atom. The van der Waals surface area contributed by atoms with Crippen molar-refractivity contribution >= 4 is 5.91 Å². The Morgan fingerprint density at radius 1 is 1.33 bits per heavy atom. The molecule has 1 aliphatic carbocycles. The van der Waals surface area contributed by atoms with Crippen LogP contribution >= 0.6 is 0 Å². The molecule has 0 radical (unpaired) electrons. The summed E-state index contributed by atoms with van der Waals surface area (Å²) in [6, 6.07) is 1.92. The summed E-state index contributed by atoms with van der Waals surface area (Å²) in [5.41, 5.74) is 8.03. The first kappa shape index (κ1) is 13.0. The van der Waals surface area contributed by atoms with Gasteiger partial charge in [0, 0.05) is 12.1 Å². The third-order valence-electron chi connectivity index (χ3n) is 3.48. The molecule has 1 saturated carbocycles. The smallest absolute Gasteiger partial charge is 0.253 e. The zero-order valence-corrected chi connectivity index (χ0v) is 10.9. The first-order chi connectivity index (χ1) is 8.58. The van der Waals surface area contributed by atoms with Crippen molar-refractivity contribution in [3.8, 4) is 0 Å². The molecule has 0 spiro atoms. The highest BCUT2D eigenvalue weighted by Gasteiger charge is 2.24. The summed E-state index contributed by atoms with van der Waals surface area (Å²) < 4.78 is 0. The van der Waals surface area contributed by atoms with Crippen LogP contribution in [0.15, 0.2) is 6.07 Å². The Hall–Kier alpha value is -1.49. The predicted octanol–water partition coefficient (Wildman–Crippen LogP) is 1.09. The monoisotopic (exact) mass is 248 g/mol. The highest BCUT2D eigenvalue weighted by molar-refractivity contribution is 5.95. The molecule has 98 valence electrons. The van der Waals surface area contributed by atoms with Gasteiger partial charge in [-0.1, -0.05) is 12.8 Å². The molecule has 18 heavy (non-hydrogen) atoms. The molecule has 1 amide bonds. The van der Waals surface area contributed by atoms with Crippen LogP contribution in [0.4, 0.5) is 0 Å². The molecule has 0 saturated heterocycles. The van der Waals surface area contributed by atoms with E-state index in [1.54, 1.807) is 13.0 Å². The molecule has 2 rings (SSSR count). The van der Waals surface area contributed by atoms with Gasteiger partial charge < -0.3 is 11.1 Å². The Bertz CT molecular complexity index is 447. The van der Waals surface area contributed by atoms with Crippen molar-refractivity contribution in [2.45, 2.75) is 51.6 Å². The minimum atomic E-state index is -0.0900. The maximum Gasteiger partial charge on any atom is 0.253 e. The lowest BCUT2D eigenvalue weighted by atomic mass is 9.91. The Kier molecular flexibility index (Phi) is 3.91. The molecule has 0 aromatic carbocycles. The first-order valence-electron chi connectivity index (χ1n) is 6.45. The van der Waals surface area contributed by atoms with Gasteiger partial charge in [0.25, 0.3) is 5.91 Å². The average molecular weight is 248 g/mol. The molecular weight excluding hydrogens is 228 g/mol. The van der Waals surface area contributed by atoms with E-state index < -0.39 is 0 Å². The number of nitrogens with one attached hydrogen (secondary N) is 1. The Balaban J connectivity index is 2.09. The molecular formula is C13H20N4O. The third-order valence-corrected chi connectivity index (χ3v) is 3.48. The summed E-state index contributed by atoms with van der Waals surface area (Å²) in [6.45, 7) is 3.62.